The van der Waals surface area contributed by atoms with E-state index in [2.05, 4.69) is 53.5 Å². The van der Waals surface area contributed by atoms with E-state index in [0.29, 0.717) is 12.1 Å². The minimum absolute atomic E-state index is 0.284. The Labute approximate surface area is 134 Å². The largest absolute Gasteiger partial charge is 0.395 e. The number of hydrogen-bond donors (Lipinski definition) is 2. The Morgan fingerprint density at radius 1 is 1.27 bits per heavy atom. The van der Waals surface area contributed by atoms with Crippen LogP contribution in [0.4, 0.5) is 0 Å². The van der Waals surface area contributed by atoms with Crippen molar-refractivity contribution in [3.8, 4) is 0 Å². The Bertz CT molecular complexity index is 491. The van der Waals surface area contributed by atoms with E-state index in [0.717, 1.165) is 25.6 Å². The maximum absolute atomic E-state index is 8.99. The van der Waals surface area contributed by atoms with E-state index in [9.17, 15) is 0 Å². The molecule has 2 atom stereocenters. The van der Waals surface area contributed by atoms with Crippen LogP contribution in [0, 0.1) is 5.92 Å². The third kappa shape index (κ3) is 4.19. The predicted molar refractivity (Wildman–Crippen MR) is 91.7 cm³/mol. The number of likely N-dealkylation sites (tertiary alicyclic amines) is 1. The van der Waals surface area contributed by atoms with Crippen LogP contribution in [0.25, 0.3) is 6.08 Å². The summed E-state index contributed by atoms with van der Waals surface area (Å²) in [7, 11) is 0. The van der Waals surface area contributed by atoms with E-state index in [1.807, 2.05) is 0 Å². The fourth-order valence-electron chi connectivity index (χ4n) is 3.57. The molecule has 22 heavy (non-hydrogen) atoms. The molecule has 0 bridgehead atoms. The van der Waals surface area contributed by atoms with Gasteiger partial charge < -0.3 is 15.3 Å². The lowest BCUT2D eigenvalue weighted by atomic mass is 10.0. The van der Waals surface area contributed by atoms with Crippen LogP contribution in [-0.2, 0) is 0 Å². The summed E-state index contributed by atoms with van der Waals surface area (Å²) >= 11 is 0. The Hall–Kier alpha value is -1.16. The van der Waals surface area contributed by atoms with Crippen molar-refractivity contribution in [2.24, 2.45) is 5.92 Å². The fraction of sp³-hybridized carbons (Fsp3) is 0.579. The molecule has 3 heteroatoms. The summed E-state index contributed by atoms with van der Waals surface area (Å²) < 4.78 is 0. The van der Waals surface area contributed by atoms with Crippen LogP contribution in [0.15, 0.2) is 35.9 Å². The van der Waals surface area contributed by atoms with Crippen molar-refractivity contribution in [3.63, 3.8) is 0 Å². The van der Waals surface area contributed by atoms with Gasteiger partial charge in [-0.25, -0.2) is 0 Å². The number of rotatable bonds is 6. The van der Waals surface area contributed by atoms with Crippen molar-refractivity contribution in [3.05, 3.63) is 41.5 Å². The van der Waals surface area contributed by atoms with Crippen molar-refractivity contribution in [1.82, 2.24) is 10.2 Å². The van der Waals surface area contributed by atoms with Gasteiger partial charge in [-0.1, -0.05) is 42.0 Å². The summed E-state index contributed by atoms with van der Waals surface area (Å²) in [6.45, 7) is 5.62. The van der Waals surface area contributed by atoms with E-state index < -0.39 is 0 Å². The monoisotopic (exact) mass is 300 g/mol. The van der Waals surface area contributed by atoms with Crippen molar-refractivity contribution in [2.45, 2.75) is 38.3 Å². The first kappa shape index (κ1) is 15.7. The van der Waals surface area contributed by atoms with Gasteiger partial charge in [0.15, 0.2) is 0 Å². The molecule has 1 saturated carbocycles. The highest BCUT2D eigenvalue weighted by Gasteiger charge is 2.39. The molecule has 0 aromatic heterocycles. The first-order chi connectivity index (χ1) is 10.8. The van der Waals surface area contributed by atoms with Crippen molar-refractivity contribution < 1.29 is 5.11 Å². The molecular formula is C19H28N2O. The normalized spacial score (nSPS) is 27.1. The highest BCUT2D eigenvalue weighted by atomic mass is 16.3. The number of nitrogens with zero attached hydrogens (tertiary/aromatic N) is 1. The van der Waals surface area contributed by atoms with E-state index >= 15 is 0 Å². The molecular weight excluding hydrogens is 272 g/mol. The van der Waals surface area contributed by atoms with Crippen LogP contribution in [0.2, 0.25) is 0 Å². The number of β-amino-alcohol motifs (C(OH)–C–C–N with tert-alkyl or cyclic N) is 1. The minimum Gasteiger partial charge on any atom is -0.395 e. The van der Waals surface area contributed by atoms with Crippen LogP contribution in [-0.4, -0.2) is 48.3 Å². The maximum Gasteiger partial charge on any atom is 0.0558 e. The topological polar surface area (TPSA) is 35.5 Å². The van der Waals surface area contributed by atoms with Gasteiger partial charge in [0.05, 0.1) is 6.61 Å². The van der Waals surface area contributed by atoms with Crippen LogP contribution in [0.1, 0.15) is 31.7 Å². The molecule has 2 fully saturated rings. The third-order valence-electron chi connectivity index (χ3n) is 5.02. The van der Waals surface area contributed by atoms with Crippen LogP contribution in [0.5, 0.6) is 0 Å². The predicted octanol–water partition coefficient (Wildman–Crippen LogP) is 2.52. The number of hydrogen-bond acceptors (Lipinski definition) is 3. The Morgan fingerprint density at radius 2 is 2.00 bits per heavy atom. The third-order valence-corrected chi connectivity index (χ3v) is 5.02. The van der Waals surface area contributed by atoms with Gasteiger partial charge in [0, 0.05) is 18.6 Å². The number of benzene rings is 1. The standard InChI is InChI=1S/C19H28N2O/c1-15(13-16-5-3-2-4-6-16)18-14-19(18)20-17-7-9-21(10-8-17)11-12-22/h2-6,13,17-20,22H,7-12,14H2,1H3/t18?,19-/m0/s1. The maximum atomic E-state index is 8.99. The molecule has 120 valence electrons. The molecule has 1 aromatic carbocycles. The summed E-state index contributed by atoms with van der Waals surface area (Å²) in [6, 6.07) is 11.9. The Morgan fingerprint density at radius 3 is 2.68 bits per heavy atom. The molecule has 0 amide bonds. The quantitative estimate of drug-likeness (QED) is 0.847. The zero-order valence-electron chi connectivity index (χ0n) is 13.5. The van der Waals surface area contributed by atoms with Gasteiger partial charge in [-0.05, 0) is 50.8 Å². The smallest absolute Gasteiger partial charge is 0.0558 e. The highest BCUT2D eigenvalue weighted by molar-refractivity contribution is 5.53. The number of piperidine rings is 1. The second-order valence-corrected chi connectivity index (χ2v) is 6.75. The molecule has 1 aromatic rings. The Balaban J connectivity index is 1.44. The highest BCUT2D eigenvalue weighted by Crippen LogP contribution is 2.38. The van der Waals surface area contributed by atoms with E-state index in [4.69, 9.17) is 5.11 Å². The van der Waals surface area contributed by atoms with Gasteiger partial charge in [-0.3, -0.25) is 0 Å². The molecule has 2 aliphatic rings. The lowest BCUT2D eigenvalue weighted by Gasteiger charge is -2.32. The summed E-state index contributed by atoms with van der Waals surface area (Å²) in [6.07, 6.45) is 6.04. The number of aliphatic hydroxyl groups excluding tert-OH is 1. The SMILES string of the molecule is CC(=Cc1ccccc1)C1C[C@@H]1NC1CCN(CCO)CC1. The molecule has 1 heterocycles. The molecule has 2 N–H and O–H groups in total. The fourth-order valence-corrected chi connectivity index (χ4v) is 3.57. The first-order valence-corrected chi connectivity index (χ1v) is 8.59. The van der Waals surface area contributed by atoms with Crippen molar-refractivity contribution >= 4 is 6.08 Å². The zero-order valence-corrected chi connectivity index (χ0v) is 13.5. The van der Waals surface area contributed by atoms with Gasteiger partial charge in [-0.15, -0.1) is 0 Å². The lowest BCUT2D eigenvalue weighted by Crippen LogP contribution is -2.44. The second kappa shape index (κ2) is 7.40. The van der Waals surface area contributed by atoms with Gasteiger partial charge in [-0.2, -0.15) is 0 Å². The summed E-state index contributed by atoms with van der Waals surface area (Å²) in [4.78, 5) is 2.36. The Kier molecular flexibility index (Phi) is 5.29. The van der Waals surface area contributed by atoms with E-state index in [-0.39, 0.29) is 6.61 Å². The molecule has 1 aliphatic carbocycles. The van der Waals surface area contributed by atoms with Gasteiger partial charge in [0.1, 0.15) is 0 Å². The van der Waals surface area contributed by atoms with Gasteiger partial charge >= 0.3 is 0 Å². The van der Waals surface area contributed by atoms with Crippen molar-refractivity contribution in [2.75, 3.05) is 26.2 Å². The number of nitrogens with one attached hydrogen (secondary N) is 1. The lowest BCUT2D eigenvalue weighted by molar-refractivity contribution is 0.156. The average molecular weight is 300 g/mol. The second-order valence-electron chi connectivity index (χ2n) is 6.75. The molecule has 0 radical (unpaired) electrons. The zero-order chi connectivity index (χ0) is 15.4. The molecule has 3 rings (SSSR count). The van der Waals surface area contributed by atoms with E-state index in [1.165, 1.54) is 30.4 Å². The molecule has 0 spiro atoms. The summed E-state index contributed by atoms with van der Waals surface area (Å²) in [5.74, 6) is 0.718. The van der Waals surface area contributed by atoms with Crippen LogP contribution < -0.4 is 5.32 Å². The average Bonchev–Trinajstić information content (AvgIpc) is 3.30. The van der Waals surface area contributed by atoms with Gasteiger partial charge in [0.2, 0.25) is 0 Å². The molecule has 1 saturated heterocycles. The summed E-state index contributed by atoms with van der Waals surface area (Å²) in [5.41, 5.74) is 2.81. The van der Waals surface area contributed by atoms with Gasteiger partial charge in [0.25, 0.3) is 0 Å². The molecule has 1 aliphatic heterocycles. The first-order valence-electron chi connectivity index (χ1n) is 8.59. The van der Waals surface area contributed by atoms with Crippen molar-refractivity contribution in [1.29, 1.82) is 0 Å². The summed E-state index contributed by atoms with van der Waals surface area (Å²) in [5, 5.41) is 12.8. The van der Waals surface area contributed by atoms with Crippen LogP contribution in [0.3, 0.4) is 0 Å². The molecule has 3 nitrogen and oxygen atoms in total. The molecule has 1 unspecified atom stereocenters. The minimum atomic E-state index is 0.284. The van der Waals surface area contributed by atoms with E-state index in [1.54, 1.807) is 0 Å². The number of aliphatic hydroxyl groups is 1. The van der Waals surface area contributed by atoms with Crippen LogP contribution >= 0.6 is 0 Å².